The molecule has 0 bridgehead atoms. The van der Waals surface area contributed by atoms with E-state index in [1.807, 2.05) is 23.0 Å². The molecule has 0 spiro atoms. The second-order valence-electron chi connectivity index (χ2n) is 7.41. The SMILES string of the molecule is Cl.Cl.O=C(NC1CCN(Cc2ccccc2)C1)C1(n2cccn2)CCNCC1. The molecule has 6 nitrogen and oxygen atoms in total. The van der Waals surface area contributed by atoms with Crippen molar-refractivity contribution < 1.29 is 4.79 Å². The molecule has 1 unspecified atom stereocenters. The molecular formula is C20H29Cl2N5O. The monoisotopic (exact) mass is 425 g/mol. The number of hydrogen-bond donors (Lipinski definition) is 2. The maximum Gasteiger partial charge on any atom is 0.248 e. The predicted octanol–water partition coefficient (Wildman–Crippen LogP) is 2.20. The standard InChI is InChI=1S/C20H27N5O.2ClH/c26-19(20(8-11-21-12-9-20)25-13-4-10-22-25)23-18-7-14-24(16-18)15-17-5-2-1-3-6-17;;/h1-6,10,13,18,21H,7-9,11-12,14-16H2,(H,23,26);2*1H. The van der Waals surface area contributed by atoms with Crippen LogP contribution in [0, 0.1) is 0 Å². The molecule has 2 aliphatic rings. The minimum absolute atomic E-state index is 0. The summed E-state index contributed by atoms with van der Waals surface area (Å²) in [6.07, 6.45) is 6.24. The zero-order valence-electron chi connectivity index (χ0n) is 15.9. The maximum atomic E-state index is 13.2. The van der Waals surface area contributed by atoms with Crippen LogP contribution in [0.3, 0.4) is 0 Å². The van der Waals surface area contributed by atoms with Crippen LogP contribution in [-0.4, -0.2) is 52.8 Å². The van der Waals surface area contributed by atoms with Gasteiger partial charge in [0.1, 0.15) is 5.54 Å². The van der Waals surface area contributed by atoms with Crippen LogP contribution in [0.4, 0.5) is 0 Å². The summed E-state index contributed by atoms with van der Waals surface area (Å²) in [6.45, 7) is 4.57. The van der Waals surface area contributed by atoms with E-state index in [4.69, 9.17) is 0 Å². The number of carbonyl (C=O) groups is 1. The van der Waals surface area contributed by atoms with Crippen molar-refractivity contribution in [2.75, 3.05) is 26.2 Å². The summed E-state index contributed by atoms with van der Waals surface area (Å²) in [4.78, 5) is 15.6. The normalized spacial score (nSPS) is 21.4. The number of nitrogens with zero attached hydrogens (tertiary/aromatic N) is 3. The summed E-state index contributed by atoms with van der Waals surface area (Å²) in [5.74, 6) is 0.120. The number of rotatable bonds is 5. The second-order valence-corrected chi connectivity index (χ2v) is 7.41. The fourth-order valence-electron chi connectivity index (χ4n) is 4.18. The van der Waals surface area contributed by atoms with E-state index in [2.05, 4.69) is 44.9 Å². The Kier molecular flexibility index (Phi) is 8.31. The summed E-state index contributed by atoms with van der Waals surface area (Å²) < 4.78 is 1.86. The summed E-state index contributed by atoms with van der Waals surface area (Å²) in [5, 5.41) is 11.1. The topological polar surface area (TPSA) is 62.2 Å². The van der Waals surface area contributed by atoms with E-state index in [0.717, 1.165) is 52.0 Å². The highest BCUT2D eigenvalue weighted by molar-refractivity contribution is 5.86. The fraction of sp³-hybridized carbons (Fsp3) is 0.500. The Bertz CT molecular complexity index is 719. The van der Waals surface area contributed by atoms with Gasteiger partial charge in [0.05, 0.1) is 0 Å². The van der Waals surface area contributed by atoms with Crippen LogP contribution < -0.4 is 10.6 Å². The molecule has 0 saturated carbocycles. The minimum atomic E-state index is -0.554. The van der Waals surface area contributed by atoms with Crippen LogP contribution in [-0.2, 0) is 16.9 Å². The third kappa shape index (κ3) is 4.87. The Balaban J connectivity index is 0.00000140. The first kappa shape index (κ1) is 22.7. The molecule has 2 saturated heterocycles. The van der Waals surface area contributed by atoms with E-state index in [0.29, 0.717) is 0 Å². The third-order valence-electron chi connectivity index (χ3n) is 5.65. The predicted molar refractivity (Wildman–Crippen MR) is 115 cm³/mol. The molecule has 1 aromatic carbocycles. The number of piperidine rings is 1. The first-order valence-electron chi connectivity index (χ1n) is 9.54. The molecule has 2 fully saturated rings. The van der Waals surface area contributed by atoms with Gasteiger partial charge in [-0.25, -0.2) is 0 Å². The summed E-state index contributed by atoms with van der Waals surface area (Å²) in [5.41, 5.74) is 0.771. The van der Waals surface area contributed by atoms with Crippen molar-refractivity contribution in [3.63, 3.8) is 0 Å². The summed E-state index contributed by atoms with van der Waals surface area (Å²) in [7, 11) is 0. The van der Waals surface area contributed by atoms with Crippen molar-refractivity contribution in [2.45, 2.75) is 37.4 Å². The van der Waals surface area contributed by atoms with Gasteiger partial charge < -0.3 is 10.6 Å². The molecule has 1 atom stereocenters. The largest absolute Gasteiger partial charge is 0.350 e. The number of aromatic nitrogens is 2. The van der Waals surface area contributed by atoms with Crippen molar-refractivity contribution in [1.29, 1.82) is 0 Å². The molecule has 28 heavy (non-hydrogen) atoms. The van der Waals surface area contributed by atoms with Gasteiger partial charge in [-0.3, -0.25) is 14.4 Å². The van der Waals surface area contributed by atoms with Crippen molar-refractivity contribution in [3.05, 3.63) is 54.4 Å². The van der Waals surface area contributed by atoms with Gasteiger partial charge in [-0.15, -0.1) is 24.8 Å². The summed E-state index contributed by atoms with van der Waals surface area (Å²) >= 11 is 0. The molecular weight excluding hydrogens is 397 g/mol. The van der Waals surface area contributed by atoms with Gasteiger partial charge in [0, 0.05) is 38.1 Å². The molecule has 3 heterocycles. The average molecular weight is 426 g/mol. The molecule has 1 amide bonds. The van der Waals surface area contributed by atoms with Gasteiger partial charge in [0.25, 0.3) is 0 Å². The quantitative estimate of drug-likeness (QED) is 0.770. The molecule has 2 N–H and O–H groups in total. The lowest BCUT2D eigenvalue weighted by Crippen LogP contribution is -2.56. The Morgan fingerprint density at radius 2 is 1.93 bits per heavy atom. The van der Waals surface area contributed by atoms with Crippen molar-refractivity contribution in [3.8, 4) is 0 Å². The maximum absolute atomic E-state index is 13.2. The van der Waals surface area contributed by atoms with Gasteiger partial charge >= 0.3 is 0 Å². The number of nitrogens with one attached hydrogen (secondary N) is 2. The van der Waals surface area contributed by atoms with Gasteiger partial charge in [0.15, 0.2) is 0 Å². The van der Waals surface area contributed by atoms with Crippen LogP contribution in [0.1, 0.15) is 24.8 Å². The van der Waals surface area contributed by atoms with Gasteiger partial charge in [-0.2, -0.15) is 5.10 Å². The number of hydrogen-bond acceptors (Lipinski definition) is 4. The molecule has 4 rings (SSSR count). The van der Waals surface area contributed by atoms with Crippen molar-refractivity contribution in [2.24, 2.45) is 0 Å². The fourth-order valence-corrected chi connectivity index (χ4v) is 4.18. The number of halogens is 2. The molecule has 0 aliphatic carbocycles. The van der Waals surface area contributed by atoms with E-state index in [9.17, 15) is 4.79 Å². The Morgan fingerprint density at radius 3 is 2.61 bits per heavy atom. The van der Waals surface area contributed by atoms with Gasteiger partial charge in [0.2, 0.25) is 5.91 Å². The molecule has 2 aliphatic heterocycles. The lowest BCUT2D eigenvalue weighted by atomic mass is 9.87. The van der Waals surface area contributed by atoms with Gasteiger partial charge in [-0.05, 0) is 44.0 Å². The molecule has 8 heteroatoms. The zero-order chi connectivity index (χ0) is 17.8. The van der Waals surface area contributed by atoms with Crippen LogP contribution >= 0.6 is 24.8 Å². The first-order valence-corrected chi connectivity index (χ1v) is 9.54. The molecule has 0 radical (unpaired) electrons. The van der Waals surface area contributed by atoms with Crippen LogP contribution in [0.5, 0.6) is 0 Å². The van der Waals surface area contributed by atoms with Crippen molar-refractivity contribution >= 4 is 30.7 Å². The third-order valence-corrected chi connectivity index (χ3v) is 5.65. The number of amides is 1. The highest BCUT2D eigenvalue weighted by Crippen LogP contribution is 2.28. The molecule has 154 valence electrons. The zero-order valence-corrected chi connectivity index (χ0v) is 17.6. The minimum Gasteiger partial charge on any atom is -0.350 e. The van der Waals surface area contributed by atoms with E-state index < -0.39 is 5.54 Å². The number of likely N-dealkylation sites (tertiary alicyclic amines) is 1. The highest BCUT2D eigenvalue weighted by atomic mass is 35.5. The van der Waals surface area contributed by atoms with E-state index in [-0.39, 0.29) is 36.8 Å². The first-order chi connectivity index (χ1) is 12.8. The Labute approximate surface area is 178 Å². The number of carbonyl (C=O) groups excluding carboxylic acids is 1. The van der Waals surface area contributed by atoms with Gasteiger partial charge in [-0.1, -0.05) is 30.3 Å². The lowest BCUT2D eigenvalue weighted by Gasteiger charge is -2.37. The van der Waals surface area contributed by atoms with Crippen molar-refractivity contribution in [1.82, 2.24) is 25.3 Å². The van der Waals surface area contributed by atoms with E-state index in [1.54, 1.807) is 6.20 Å². The average Bonchev–Trinajstić information content (AvgIpc) is 3.36. The molecule has 2 aromatic rings. The van der Waals surface area contributed by atoms with Crippen LogP contribution in [0.2, 0.25) is 0 Å². The second kappa shape index (κ2) is 10.3. The van der Waals surface area contributed by atoms with Crippen LogP contribution in [0.15, 0.2) is 48.8 Å². The smallest absolute Gasteiger partial charge is 0.248 e. The summed E-state index contributed by atoms with van der Waals surface area (Å²) in [6, 6.07) is 12.6. The molecule has 1 aromatic heterocycles. The number of benzene rings is 1. The Hall–Kier alpha value is -1.60. The van der Waals surface area contributed by atoms with E-state index in [1.165, 1.54) is 5.56 Å². The Morgan fingerprint density at radius 1 is 1.18 bits per heavy atom. The van der Waals surface area contributed by atoms with E-state index >= 15 is 0 Å². The highest BCUT2D eigenvalue weighted by Gasteiger charge is 2.43. The van der Waals surface area contributed by atoms with Crippen LogP contribution in [0.25, 0.3) is 0 Å². The lowest BCUT2D eigenvalue weighted by molar-refractivity contribution is -0.132.